The fourth-order valence-electron chi connectivity index (χ4n) is 1.26. The second kappa shape index (κ2) is 18.7. The Labute approximate surface area is 180 Å². The van der Waals surface area contributed by atoms with Crippen LogP contribution < -0.4 is 0 Å². The number of benzene rings is 2. The van der Waals surface area contributed by atoms with Crippen LogP contribution in [0.3, 0.4) is 0 Å². The maximum absolute atomic E-state index is 4.81. The number of nitrogens with zero attached hydrogens (tertiary/aromatic N) is 1. The summed E-state index contributed by atoms with van der Waals surface area (Å²) in [6.45, 7) is 1.98. The maximum atomic E-state index is 4.81. The third-order valence-corrected chi connectivity index (χ3v) is 3.34. The number of hydrogen-bond donors (Lipinski definition) is 0. The van der Waals surface area contributed by atoms with Crippen LogP contribution in [0.15, 0.2) is 70.5 Å². The summed E-state index contributed by atoms with van der Waals surface area (Å²) in [6.07, 6.45) is 0. The van der Waals surface area contributed by atoms with Gasteiger partial charge in [0.25, 0.3) is 0 Å². The molecule has 23 heavy (non-hydrogen) atoms. The van der Waals surface area contributed by atoms with Crippen molar-refractivity contribution in [2.24, 2.45) is 0 Å². The molecule has 0 amide bonds. The van der Waals surface area contributed by atoms with E-state index in [4.69, 9.17) is 50.5 Å². The summed E-state index contributed by atoms with van der Waals surface area (Å²) in [5.74, 6) is 1.62. The SMILES string of the molecule is CN(CC[S-])CC[S-].[S-]c1ccccc1.[S-]c1ccccc1.[Sn+4]. The molecule has 0 saturated carbocycles. The van der Waals surface area contributed by atoms with Crippen molar-refractivity contribution in [2.45, 2.75) is 9.79 Å². The van der Waals surface area contributed by atoms with Crippen molar-refractivity contribution in [3.8, 4) is 0 Å². The molecule has 0 radical (unpaired) electrons. The largest absolute Gasteiger partial charge is 4.00 e. The van der Waals surface area contributed by atoms with Crippen LogP contribution in [0.4, 0.5) is 0 Å². The van der Waals surface area contributed by atoms with Crippen molar-refractivity contribution in [3.05, 3.63) is 60.7 Å². The van der Waals surface area contributed by atoms with E-state index in [1.54, 1.807) is 0 Å². The first-order valence-electron chi connectivity index (χ1n) is 6.89. The van der Waals surface area contributed by atoms with Gasteiger partial charge < -0.3 is 55.4 Å². The summed E-state index contributed by atoms with van der Waals surface area (Å²) in [4.78, 5) is 3.96. The Balaban J connectivity index is 0. The standard InChI is InChI=1S/2C6H6S.C5H13NS2.Sn/c2*7-6-4-2-1-3-5-6;1-6(2-4-7)3-5-8;/h2*1-5,7H;7-8H,2-5H2,1H3;/q;;;+4/p-4. The molecule has 0 heterocycles. The molecule has 0 unspecified atom stereocenters. The molecule has 2 rings (SSSR count). The molecule has 0 atom stereocenters. The van der Waals surface area contributed by atoms with Gasteiger partial charge in [-0.2, -0.15) is 21.3 Å². The van der Waals surface area contributed by atoms with Crippen molar-refractivity contribution >= 4 is 74.4 Å². The second-order valence-electron chi connectivity index (χ2n) is 4.34. The predicted octanol–water partition coefficient (Wildman–Crippen LogP) is 2.82. The molecule has 0 aliphatic heterocycles. The summed E-state index contributed by atoms with van der Waals surface area (Å²) in [6, 6.07) is 19.2. The summed E-state index contributed by atoms with van der Waals surface area (Å²) in [5.41, 5.74) is 0. The van der Waals surface area contributed by atoms with Crippen LogP contribution in [-0.4, -0.2) is 60.5 Å². The van der Waals surface area contributed by atoms with Crippen LogP contribution in [0.25, 0.3) is 0 Å². The van der Waals surface area contributed by atoms with E-state index < -0.39 is 0 Å². The van der Waals surface area contributed by atoms with Gasteiger partial charge in [0, 0.05) is 0 Å². The van der Waals surface area contributed by atoms with E-state index in [1.807, 2.05) is 67.7 Å². The minimum atomic E-state index is 0. The van der Waals surface area contributed by atoms with E-state index in [0.717, 1.165) is 34.4 Å². The fourth-order valence-corrected chi connectivity index (χ4v) is 2.20. The molecule has 0 spiro atoms. The molecule has 0 aliphatic carbocycles. The van der Waals surface area contributed by atoms with Crippen LogP contribution in [0, 0.1) is 0 Å². The van der Waals surface area contributed by atoms with Crippen LogP contribution in [-0.2, 0) is 50.5 Å². The average molecular weight is 486 g/mol. The first kappa shape index (κ1) is 25.6. The minimum Gasteiger partial charge on any atom is -0.791 e. The van der Waals surface area contributed by atoms with E-state index in [0.29, 0.717) is 0 Å². The first-order valence-corrected chi connectivity index (χ1v) is 8.86. The third kappa shape index (κ3) is 18.5. The van der Waals surface area contributed by atoms with Gasteiger partial charge in [0.05, 0.1) is 0 Å². The molecule has 0 saturated heterocycles. The van der Waals surface area contributed by atoms with Crippen LogP contribution in [0.2, 0.25) is 0 Å². The molecule has 0 N–H and O–H groups in total. The topological polar surface area (TPSA) is 3.24 Å². The molecule has 0 aliphatic rings. The number of hydrogen-bond acceptors (Lipinski definition) is 5. The normalized spacial score (nSPS) is 8.87. The Kier molecular flexibility index (Phi) is 20.8. The zero-order valence-electron chi connectivity index (χ0n) is 13.2. The third-order valence-electron chi connectivity index (χ3n) is 2.43. The maximum Gasteiger partial charge on any atom is 4.00 e. The van der Waals surface area contributed by atoms with Gasteiger partial charge in [-0.1, -0.05) is 60.7 Å². The summed E-state index contributed by atoms with van der Waals surface area (Å²) in [7, 11) is 2.04. The molecule has 1 nitrogen and oxygen atoms in total. The fraction of sp³-hybridized carbons (Fsp3) is 0.294. The van der Waals surface area contributed by atoms with Crippen LogP contribution >= 0.6 is 0 Å². The molecule has 0 aromatic heterocycles. The molecule has 0 bridgehead atoms. The van der Waals surface area contributed by atoms with Crippen molar-refractivity contribution in [1.82, 2.24) is 4.90 Å². The van der Waals surface area contributed by atoms with Crippen molar-refractivity contribution < 1.29 is 0 Å². The molecular weight excluding hydrogens is 465 g/mol. The average Bonchev–Trinajstić information content (AvgIpc) is 2.51. The molecule has 0 fully saturated rings. The van der Waals surface area contributed by atoms with Crippen LogP contribution in [0.1, 0.15) is 0 Å². The Bertz CT molecular complexity index is 413. The minimum absolute atomic E-state index is 0. The van der Waals surface area contributed by atoms with E-state index in [9.17, 15) is 0 Å². The first-order chi connectivity index (χ1) is 10.6. The van der Waals surface area contributed by atoms with Gasteiger partial charge in [0.15, 0.2) is 0 Å². The molecule has 2 aromatic rings. The zero-order chi connectivity index (χ0) is 16.6. The van der Waals surface area contributed by atoms with E-state index >= 15 is 0 Å². The molecule has 2 aromatic carbocycles. The van der Waals surface area contributed by atoms with E-state index in [-0.39, 0.29) is 23.9 Å². The smallest absolute Gasteiger partial charge is 0.791 e. The Morgan fingerprint density at radius 2 is 1.00 bits per heavy atom. The Hall–Kier alpha value is 0.339. The zero-order valence-corrected chi connectivity index (χ0v) is 19.3. The predicted molar refractivity (Wildman–Crippen MR) is 112 cm³/mol. The van der Waals surface area contributed by atoms with Gasteiger partial charge in [-0.05, 0) is 20.1 Å². The summed E-state index contributed by atoms with van der Waals surface area (Å²) >= 11 is 19.2. The van der Waals surface area contributed by atoms with Gasteiger partial charge in [-0.15, -0.1) is 0 Å². The van der Waals surface area contributed by atoms with Gasteiger partial charge >= 0.3 is 23.9 Å². The summed E-state index contributed by atoms with van der Waals surface area (Å²) in [5, 5.41) is 0. The Morgan fingerprint density at radius 1 is 0.696 bits per heavy atom. The van der Waals surface area contributed by atoms with Gasteiger partial charge in [0.2, 0.25) is 0 Å². The van der Waals surface area contributed by atoms with Crippen LogP contribution in [0.5, 0.6) is 0 Å². The second-order valence-corrected chi connectivity index (χ2v) is 6.10. The molecule has 122 valence electrons. The summed E-state index contributed by atoms with van der Waals surface area (Å²) < 4.78 is 0. The van der Waals surface area contributed by atoms with Gasteiger partial charge in [-0.3, -0.25) is 0 Å². The van der Waals surface area contributed by atoms with E-state index in [1.165, 1.54) is 0 Å². The quantitative estimate of drug-likeness (QED) is 0.482. The molecule has 6 heteroatoms. The van der Waals surface area contributed by atoms with E-state index in [2.05, 4.69) is 4.90 Å². The molecular formula is C17H21NS4Sn. The number of rotatable bonds is 4. The monoisotopic (exact) mass is 487 g/mol. The Morgan fingerprint density at radius 3 is 1.17 bits per heavy atom. The van der Waals surface area contributed by atoms with Gasteiger partial charge in [0.1, 0.15) is 0 Å². The van der Waals surface area contributed by atoms with Crippen molar-refractivity contribution in [2.75, 3.05) is 31.6 Å². The van der Waals surface area contributed by atoms with Gasteiger partial charge in [-0.25, -0.2) is 0 Å². The van der Waals surface area contributed by atoms with Crippen molar-refractivity contribution in [3.63, 3.8) is 0 Å². The van der Waals surface area contributed by atoms with Crippen molar-refractivity contribution in [1.29, 1.82) is 0 Å².